The molecule has 1 atom stereocenters. The molecule has 1 aliphatic rings. The fraction of sp³-hybridized carbons (Fsp3) is 0.524. The van der Waals surface area contributed by atoms with Gasteiger partial charge in [0.25, 0.3) is 0 Å². The van der Waals surface area contributed by atoms with E-state index in [9.17, 15) is 4.79 Å². The molecule has 0 bridgehead atoms. The van der Waals surface area contributed by atoms with Gasteiger partial charge in [0.1, 0.15) is 18.0 Å². The van der Waals surface area contributed by atoms with Crippen molar-refractivity contribution in [2.75, 3.05) is 18.4 Å². The first kappa shape index (κ1) is 20.2. The number of rotatable bonds is 6. The molecule has 3 aromatic rings. The van der Waals surface area contributed by atoms with Crippen LogP contribution in [0.3, 0.4) is 0 Å². The molecule has 1 aliphatic heterocycles. The monoisotopic (exact) mass is 408 g/mol. The molecule has 158 valence electrons. The van der Waals surface area contributed by atoms with Crippen molar-refractivity contribution in [3.05, 3.63) is 24.5 Å². The Hall–Kier alpha value is -3.10. The van der Waals surface area contributed by atoms with E-state index in [-0.39, 0.29) is 11.9 Å². The molecule has 1 fully saturated rings. The minimum Gasteiger partial charge on any atom is -0.364 e. The summed E-state index contributed by atoms with van der Waals surface area (Å²) in [5, 5.41) is 3.50. The number of nitrogens with zero attached hydrogens (tertiary/aromatic N) is 7. The molecule has 1 N–H and O–H groups in total. The van der Waals surface area contributed by atoms with Gasteiger partial charge in [0.05, 0.1) is 5.56 Å². The van der Waals surface area contributed by atoms with Crippen molar-refractivity contribution in [3.8, 4) is 11.4 Å². The summed E-state index contributed by atoms with van der Waals surface area (Å²) in [5.41, 5.74) is 2.34. The third kappa shape index (κ3) is 3.96. The maximum atomic E-state index is 12.4. The lowest BCUT2D eigenvalue weighted by Gasteiger charge is -2.18. The first-order chi connectivity index (χ1) is 14.5. The molecule has 3 aromatic heterocycles. The smallest absolute Gasteiger partial charge is 0.222 e. The molecule has 1 saturated heterocycles. The summed E-state index contributed by atoms with van der Waals surface area (Å²) in [6.45, 7) is 10.2. The Kier molecular flexibility index (Phi) is 5.61. The number of nitrogens with one attached hydrogen (secondary N) is 1. The molecule has 30 heavy (non-hydrogen) atoms. The maximum absolute atomic E-state index is 12.4. The lowest BCUT2D eigenvalue weighted by atomic mass is 10.1. The molecule has 0 saturated carbocycles. The van der Waals surface area contributed by atoms with Crippen LogP contribution < -0.4 is 5.32 Å². The highest BCUT2D eigenvalue weighted by Gasteiger charge is 2.27. The van der Waals surface area contributed by atoms with E-state index >= 15 is 0 Å². The number of hydrogen-bond donors (Lipinski definition) is 1. The van der Waals surface area contributed by atoms with Gasteiger partial charge < -0.3 is 14.8 Å². The van der Waals surface area contributed by atoms with Crippen LogP contribution in [0.2, 0.25) is 0 Å². The number of carbonyl (C=O) groups is 1. The molecule has 4 rings (SSSR count). The topological polar surface area (TPSA) is 102 Å². The first-order valence-electron chi connectivity index (χ1n) is 10.5. The molecule has 0 aliphatic carbocycles. The van der Waals surface area contributed by atoms with Crippen LogP contribution in [0.5, 0.6) is 0 Å². The van der Waals surface area contributed by atoms with E-state index in [0.717, 1.165) is 47.9 Å². The van der Waals surface area contributed by atoms with Gasteiger partial charge in [-0.15, -0.1) is 0 Å². The number of anilines is 1. The Bertz CT molecular complexity index is 1040. The zero-order valence-electron chi connectivity index (χ0n) is 18.0. The van der Waals surface area contributed by atoms with Crippen molar-refractivity contribution in [1.29, 1.82) is 0 Å². The minimum absolute atomic E-state index is 0.150. The number of fused-ring (bicyclic) bond motifs is 1. The Morgan fingerprint density at radius 1 is 1.23 bits per heavy atom. The van der Waals surface area contributed by atoms with Crippen molar-refractivity contribution >= 4 is 22.9 Å². The van der Waals surface area contributed by atoms with Crippen LogP contribution in [0.1, 0.15) is 39.4 Å². The lowest BCUT2D eigenvalue weighted by Crippen LogP contribution is -2.32. The highest BCUT2D eigenvalue weighted by atomic mass is 16.2. The maximum Gasteiger partial charge on any atom is 0.222 e. The Morgan fingerprint density at radius 2 is 2.00 bits per heavy atom. The van der Waals surface area contributed by atoms with Crippen molar-refractivity contribution < 1.29 is 4.79 Å². The van der Waals surface area contributed by atoms with Crippen LogP contribution in [0.15, 0.2) is 18.7 Å². The summed E-state index contributed by atoms with van der Waals surface area (Å²) in [5.74, 6) is 2.78. The summed E-state index contributed by atoms with van der Waals surface area (Å²) in [6.07, 6.45) is 6.61. The van der Waals surface area contributed by atoms with Crippen LogP contribution in [0.4, 0.5) is 5.82 Å². The summed E-state index contributed by atoms with van der Waals surface area (Å²) in [6, 6.07) is 0.150. The molecule has 9 heteroatoms. The minimum atomic E-state index is 0.150. The van der Waals surface area contributed by atoms with Crippen molar-refractivity contribution in [2.45, 2.75) is 53.1 Å². The van der Waals surface area contributed by atoms with Crippen LogP contribution in [-0.4, -0.2) is 59.4 Å². The second kappa shape index (κ2) is 8.33. The highest BCUT2D eigenvalue weighted by Crippen LogP contribution is 2.27. The molecule has 1 amide bonds. The van der Waals surface area contributed by atoms with Crippen LogP contribution >= 0.6 is 0 Å². The molecule has 9 nitrogen and oxygen atoms in total. The molecule has 0 radical (unpaired) electrons. The van der Waals surface area contributed by atoms with Gasteiger partial charge in [-0.3, -0.25) is 4.79 Å². The average molecular weight is 409 g/mol. The third-order valence-electron chi connectivity index (χ3n) is 5.35. The van der Waals surface area contributed by atoms with Gasteiger partial charge >= 0.3 is 0 Å². The van der Waals surface area contributed by atoms with Crippen molar-refractivity contribution in [1.82, 2.24) is 34.4 Å². The summed E-state index contributed by atoms with van der Waals surface area (Å²) < 4.78 is 2.04. The Morgan fingerprint density at radius 3 is 2.70 bits per heavy atom. The van der Waals surface area contributed by atoms with Gasteiger partial charge in [-0.1, -0.05) is 13.8 Å². The number of hydrogen-bond acceptors (Lipinski definition) is 7. The van der Waals surface area contributed by atoms with Crippen LogP contribution in [-0.2, 0) is 11.3 Å². The van der Waals surface area contributed by atoms with Crippen LogP contribution in [0.25, 0.3) is 22.6 Å². The Balaban J connectivity index is 1.60. The van der Waals surface area contributed by atoms with Gasteiger partial charge in [0, 0.05) is 44.5 Å². The fourth-order valence-corrected chi connectivity index (χ4v) is 3.85. The third-order valence-corrected chi connectivity index (χ3v) is 5.35. The van der Waals surface area contributed by atoms with E-state index in [1.54, 1.807) is 18.7 Å². The fourth-order valence-electron chi connectivity index (χ4n) is 3.85. The predicted molar refractivity (Wildman–Crippen MR) is 115 cm³/mol. The molecular formula is C21H28N8O. The number of amides is 1. The quantitative estimate of drug-likeness (QED) is 0.669. The van der Waals surface area contributed by atoms with Gasteiger partial charge in [-0.25, -0.2) is 24.9 Å². The average Bonchev–Trinajstić information content (AvgIpc) is 3.33. The standard InChI is InChI=1S/C21H28N8O/c1-5-29-20(15-9-22-14(4)23-10-15)27-18-19(24-12-25-21(18)29)26-16-6-7-28(11-16)17(30)8-13(2)3/h9-10,12-13,16H,5-8,11H2,1-4H3,(H,24,25,26)/t16-/m0/s1. The first-order valence-corrected chi connectivity index (χ1v) is 10.5. The summed E-state index contributed by atoms with van der Waals surface area (Å²) in [7, 11) is 0. The number of likely N-dealkylation sites (tertiary alicyclic amines) is 1. The normalized spacial score (nSPS) is 16.6. The van der Waals surface area contributed by atoms with E-state index in [1.807, 2.05) is 16.4 Å². The number of imidazole rings is 1. The zero-order valence-corrected chi connectivity index (χ0v) is 18.0. The van der Waals surface area contributed by atoms with E-state index in [0.29, 0.717) is 24.7 Å². The SMILES string of the molecule is CCn1c(-c2cnc(C)nc2)nc2c(N[C@H]3CCN(C(=O)CC(C)C)C3)ncnc21. The second-order valence-corrected chi connectivity index (χ2v) is 8.16. The van der Waals surface area contributed by atoms with Gasteiger partial charge in [0.2, 0.25) is 5.91 Å². The van der Waals surface area contributed by atoms with E-state index in [4.69, 9.17) is 4.98 Å². The highest BCUT2D eigenvalue weighted by molar-refractivity contribution is 5.86. The molecule has 4 heterocycles. The second-order valence-electron chi connectivity index (χ2n) is 8.16. The molecular weight excluding hydrogens is 380 g/mol. The van der Waals surface area contributed by atoms with Crippen molar-refractivity contribution in [2.24, 2.45) is 5.92 Å². The number of aromatic nitrogens is 6. The van der Waals surface area contributed by atoms with Crippen molar-refractivity contribution in [3.63, 3.8) is 0 Å². The summed E-state index contributed by atoms with van der Waals surface area (Å²) >= 11 is 0. The van der Waals surface area contributed by atoms with Gasteiger partial charge in [-0.05, 0) is 26.2 Å². The number of aryl methyl sites for hydroxylation is 2. The van der Waals surface area contributed by atoms with Gasteiger partial charge in [-0.2, -0.15) is 0 Å². The van der Waals surface area contributed by atoms with E-state index < -0.39 is 0 Å². The van der Waals surface area contributed by atoms with Gasteiger partial charge in [0.15, 0.2) is 17.0 Å². The summed E-state index contributed by atoms with van der Waals surface area (Å²) in [4.78, 5) is 36.7. The van der Waals surface area contributed by atoms with Crippen LogP contribution in [0, 0.1) is 12.8 Å². The number of carbonyl (C=O) groups excluding carboxylic acids is 1. The molecule has 0 unspecified atom stereocenters. The zero-order chi connectivity index (χ0) is 21.3. The van der Waals surface area contributed by atoms with E-state index in [2.05, 4.69) is 46.0 Å². The molecule has 0 aromatic carbocycles. The molecule has 0 spiro atoms. The van der Waals surface area contributed by atoms with E-state index in [1.165, 1.54) is 0 Å². The predicted octanol–water partition coefficient (Wildman–Crippen LogP) is 2.67. The largest absolute Gasteiger partial charge is 0.364 e. The Labute approximate surface area is 176 Å². The lowest BCUT2D eigenvalue weighted by molar-refractivity contribution is -0.130.